The second-order valence-corrected chi connectivity index (χ2v) is 9.08. The number of hydrogen-bond acceptors (Lipinski definition) is 5. The number of hydrogen-bond donors (Lipinski definition) is 0. The molecule has 0 atom stereocenters. The van der Waals surface area contributed by atoms with Crippen molar-refractivity contribution in [3.8, 4) is 16.8 Å². The van der Waals surface area contributed by atoms with Crippen LogP contribution in [-0.4, -0.2) is 35.5 Å². The first-order valence-electron chi connectivity index (χ1n) is 11.3. The van der Waals surface area contributed by atoms with Gasteiger partial charge in [-0.1, -0.05) is 6.07 Å². The van der Waals surface area contributed by atoms with Gasteiger partial charge in [0.2, 0.25) is 0 Å². The van der Waals surface area contributed by atoms with Crippen molar-refractivity contribution in [2.75, 3.05) is 6.61 Å². The molecule has 0 aliphatic rings. The number of fused-ring (bicyclic) bond motifs is 3. The lowest BCUT2D eigenvalue weighted by molar-refractivity contribution is -0.0142. The molecule has 1 aromatic carbocycles. The largest absolute Gasteiger partial charge is 0.371 e. The molecule has 4 aromatic heterocycles. The smallest absolute Gasteiger partial charge is 0.333 e. The predicted molar refractivity (Wildman–Crippen MR) is 133 cm³/mol. The number of imidazole rings is 1. The Bertz CT molecular complexity index is 1610. The Morgan fingerprint density at radius 2 is 1.85 bits per heavy atom. The summed E-state index contributed by atoms with van der Waals surface area (Å²) in [5, 5.41) is 5.34. The van der Waals surface area contributed by atoms with Crippen LogP contribution in [0.3, 0.4) is 0 Å². The van der Waals surface area contributed by atoms with Gasteiger partial charge in [-0.25, -0.2) is 4.79 Å². The fourth-order valence-corrected chi connectivity index (χ4v) is 4.58. The number of rotatable bonds is 5. The summed E-state index contributed by atoms with van der Waals surface area (Å²) in [6.45, 7) is 8.61. The van der Waals surface area contributed by atoms with Crippen LogP contribution in [0.4, 0.5) is 0 Å². The lowest BCUT2D eigenvalue weighted by Gasteiger charge is -2.25. The maximum Gasteiger partial charge on any atom is 0.333 e. The van der Waals surface area contributed by atoms with E-state index in [1.165, 1.54) is 0 Å². The third kappa shape index (κ3) is 3.42. The van der Waals surface area contributed by atoms with E-state index >= 15 is 0 Å². The average Bonchev–Trinajstić information content (AvgIpc) is 3.28. The Balaban J connectivity index is 1.77. The minimum absolute atomic E-state index is 0.132. The molecule has 0 N–H and O–H groups in total. The van der Waals surface area contributed by atoms with Crippen LogP contribution < -0.4 is 5.69 Å². The van der Waals surface area contributed by atoms with Crippen LogP contribution in [0.1, 0.15) is 32.0 Å². The lowest BCUT2D eigenvalue weighted by atomic mass is 9.96. The highest BCUT2D eigenvalue weighted by Gasteiger charge is 2.22. The first kappa shape index (κ1) is 22.0. The van der Waals surface area contributed by atoms with Gasteiger partial charge >= 0.3 is 5.69 Å². The van der Waals surface area contributed by atoms with E-state index in [2.05, 4.69) is 27.2 Å². The average molecular weight is 457 g/mol. The van der Waals surface area contributed by atoms with Crippen molar-refractivity contribution in [2.45, 2.75) is 33.3 Å². The highest BCUT2D eigenvalue weighted by atomic mass is 16.5. The van der Waals surface area contributed by atoms with Gasteiger partial charge in [0.25, 0.3) is 0 Å². The zero-order valence-corrected chi connectivity index (χ0v) is 20.3. The molecule has 0 aliphatic carbocycles. The van der Waals surface area contributed by atoms with Crippen molar-refractivity contribution in [2.24, 2.45) is 14.1 Å². The van der Waals surface area contributed by atoms with Gasteiger partial charge in [-0.3, -0.25) is 23.8 Å². The summed E-state index contributed by atoms with van der Waals surface area (Å²) in [6, 6.07) is 8.22. The predicted octanol–water partition coefficient (Wildman–Crippen LogP) is 4.25. The summed E-state index contributed by atoms with van der Waals surface area (Å²) in [7, 11) is 3.63. The topological polar surface area (TPSA) is 79.8 Å². The van der Waals surface area contributed by atoms with Gasteiger partial charge in [0.05, 0.1) is 39.7 Å². The standard InChI is InChI=1S/C26H28N6O2/c1-7-34-26(3,4)19-10-18(12-27-13-19)17-8-9-21-20(11-17)24-22(14-28-21)31(6)25(33)32(24)23-15-30(5)29-16(23)2/h8-15H,7H2,1-6H3. The Labute approximate surface area is 197 Å². The molecule has 174 valence electrons. The van der Waals surface area contributed by atoms with Crippen molar-refractivity contribution in [3.63, 3.8) is 0 Å². The van der Waals surface area contributed by atoms with Crippen LogP contribution in [0.5, 0.6) is 0 Å². The summed E-state index contributed by atoms with van der Waals surface area (Å²) < 4.78 is 11.0. The molecule has 0 saturated heterocycles. The highest BCUT2D eigenvalue weighted by molar-refractivity contribution is 6.04. The summed E-state index contributed by atoms with van der Waals surface area (Å²) in [4.78, 5) is 22.4. The number of aryl methyl sites for hydroxylation is 3. The Morgan fingerprint density at radius 1 is 1.06 bits per heavy atom. The van der Waals surface area contributed by atoms with Crippen LogP contribution in [-0.2, 0) is 24.4 Å². The van der Waals surface area contributed by atoms with E-state index in [0.29, 0.717) is 6.61 Å². The summed E-state index contributed by atoms with van der Waals surface area (Å²) >= 11 is 0. The molecule has 0 unspecified atom stereocenters. The normalized spacial score (nSPS) is 12.2. The zero-order chi connectivity index (χ0) is 24.2. The molecule has 5 rings (SSSR count). The van der Waals surface area contributed by atoms with Gasteiger partial charge in [0.1, 0.15) is 0 Å². The fourth-order valence-electron chi connectivity index (χ4n) is 4.58. The Kier molecular flexibility index (Phi) is 5.13. The molecule has 4 heterocycles. The first-order valence-corrected chi connectivity index (χ1v) is 11.3. The molecule has 0 radical (unpaired) electrons. The summed E-state index contributed by atoms with van der Waals surface area (Å²) in [5.74, 6) is 0. The van der Waals surface area contributed by atoms with E-state index < -0.39 is 5.60 Å². The summed E-state index contributed by atoms with van der Waals surface area (Å²) in [6.07, 6.45) is 7.33. The molecule has 0 aliphatic heterocycles. The van der Waals surface area contributed by atoms with E-state index in [9.17, 15) is 4.79 Å². The van der Waals surface area contributed by atoms with E-state index in [4.69, 9.17) is 4.74 Å². The van der Waals surface area contributed by atoms with Crippen LogP contribution >= 0.6 is 0 Å². The first-order chi connectivity index (χ1) is 16.2. The number of ether oxygens (including phenoxy) is 1. The number of benzene rings is 1. The Hall–Kier alpha value is -3.78. The number of pyridine rings is 2. The van der Waals surface area contributed by atoms with Crippen molar-refractivity contribution in [1.82, 2.24) is 28.9 Å². The van der Waals surface area contributed by atoms with Gasteiger partial charge in [-0.15, -0.1) is 0 Å². The molecule has 34 heavy (non-hydrogen) atoms. The highest BCUT2D eigenvalue weighted by Crippen LogP contribution is 2.32. The van der Waals surface area contributed by atoms with Gasteiger partial charge in [-0.2, -0.15) is 5.10 Å². The second-order valence-electron chi connectivity index (χ2n) is 9.08. The molecule has 0 bridgehead atoms. The fraction of sp³-hybridized carbons (Fsp3) is 0.308. The molecular weight excluding hydrogens is 428 g/mol. The Morgan fingerprint density at radius 3 is 2.56 bits per heavy atom. The molecule has 8 heteroatoms. The molecular formula is C26H28N6O2. The van der Waals surface area contributed by atoms with Crippen LogP contribution in [0, 0.1) is 6.92 Å². The van der Waals surface area contributed by atoms with E-state index in [0.717, 1.165) is 50.0 Å². The number of nitrogens with zero attached hydrogens (tertiary/aromatic N) is 6. The van der Waals surface area contributed by atoms with Crippen molar-refractivity contribution < 1.29 is 4.74 Å². The third-order valence-electron chi connectivity index (χ3n) is 6.38. The molecule has 0 saturated carbocycles. The molecule has 0 fully saturated rings. The molecule has 0 spiro atoms. The van der Waals surface area contributed by atoms with Crippen molar-refractivity contribution in [3.05, 3.63) is 70.8 Å². The second kappa shape index (κ2) is 7.92. The van der Waals surface area contributed by atoms with Crippen LogP contribution in [0.15, 0.2) is 53.8 Å². The van der Waals surface area contributed by atoms with E-state index in [1.54, 1.807) is 27.1 Å². The maximum atomic E-state index is 13.3. The molecule has 8 nitrogen and oxygen atoms in total. The zero-order valence-electron chi connectivity index (χ0n) is 20.3. The SMILES string of the molecule is CCOC(C)(C)c1cncc(-c2ccc3ncc4c(c3c2)n(-c2cn(C)nc2C)c(=O)n4C)c1. The van der Waals surface area contributed by atoms with Gasteiger partial charge in [-0.05, 0) is 51.5 Å². The van der Waals surface area contributed by atoms with E-state index in [-0.39, 0.29) is 5.69 Å². The monoisotopic (exact) mass is 456 g/mol. The lowest BCUT2D eigenvalue weighted by Crippen LogP contribution is -2.21. The summed E-state index contributed by atoms with van der Waals surface area (Å²) in [5.41, 5.74) is 6.35. The van der Waals surface area contributed by atoms with Gasteiger partial charge in [0.15, 0.2) is 0 Å². The van der Waals surface area contributed by atoms with Gasteiger partial charge in [0, 0.05) is 55.8 Å². The van der Waals surface area contributed by atoms with Crippen LogP contribution in [0.25, 0.3) is 38.8 Å². The number of aromatic nitrogens is 6. The maximum absolute atomic E-state index is 13.3. The van der Waals surface area contributed by atoms with E-state index in [1.807, 2.05) is 65.5 Å². The minimum atomic E-state index is -0.443. The van der Waals surface area contributed by atoms with Crippen molar-refractivity contribution >= 4 is 21.9 Å². The third-order valence-corrected chi connectivity index (χ3v) is 6.38. The van der Waals surface area contributed by atoms with Gasteiger partial charge < -0.3 is 4.74 Å². The van der Waals surface area contributed by atoms with Crippen molar-refractivity contribution in [1.29, 1.82) is 0 Å². The minimum Gasteiger partial charge on any atom is -0.371 e. The molecule has 5 aromatic rings. The molecule has 0 amide bonds. The van der Waals surface area contributed by atoms with Crippen LogP contribution in [0.2, 0.25) is 0 Å². The quantitative estimate of drug-likeness (QED) is 0.395.